The molecule has 1 amide bonds. The van der Waals surface area contributed by atoms with E-state index in [1.807, 2.05) is 20.8 Å². The Hall–Kier alpha value is -1.60. The lowest BCUT2D eigenvalue weighted by Gasteiger charge is -2.43. The Morgan fingerprint density at radius 1 is 1.26 bits per heavy atom. The minimum absolute atomic E-state index is 0.00359. The third-order valence-corrected chi connectivity index (χ3v) is 5.67. The molecule has 0 aliphatic heterocycles. The minimum Gasteiger partial charge on any atom is -0.380 e. The number of rotatable bonds is 5. The summed E-state index contributed by atoms with van der Waals surface area (Å²) in [6, 6.07) is 6.64. The lowest BCUT2D eigenvalue weighted by molar-refractivity contribution is -0.264. The molecule has 1 aromatic rings. The second-order valence-electron chi connectivity index (χ2n) is 8.07. The summed E-state index contributed by atoms with van der Waals surface area (Å²) in [5, 5.41) is 23.6. The molecule has 4 atom stereocenters. The van der Waals surface area contributed by atoms with Gasteiger partial charge in [-0.05, 0) is 36.2 Å². The Bertz CT molecular complexity index is 650. The first-order chi connectivity index (χ1) is 12.4. The van der Waals surface area contributed by atoms with Gasteiger partial charge in [0, 0.05) is 0 Å². The molecule has 1 fully saturated rings. The van der Waals surface area contributed by atoms with Crippen LogP contribution in [0.4, 0.5) is 13.2 Å². The van der Waals surface area contributed by atoms with Gasteiger partial charge in [0.1, 0.15) is 5.60 Å². The first-order valence-electron chi connectivity index (χ1n) is 9.27. The molecule has 3 N–H and O–H groups in total. The van der Waals surface area contributed by atoms with Crippen molar-refractivity contribution in [3.63, 3.8) is 0 Å². The number of aliphatic hydroxyl groups is 2. The Balaban J connectivity index is 2.25. The van der Waals surface area contributed by atoms with Crippen LogP contribution in [0.1, 0.15) is 45.6 Å². The third-order valence-electron chi connectivity index (χ3n) is 5.67. The smallest absolute Gasteiger partial charge is 0.380 e. The van der Waals surface area contributed by atoms with Gasteiger partial charge < -0.3 is 15.5 Å². The summed E-state index contributed by atoms with van der Waals surface area (Å²) < 4.78 is 40.7. The zero-order valence-corrected chi connectivity index (χ0v) is 15.9. The minimum atomic E-state index is -4.98. The van der Waals surface area contributed by atoms with Crippen molar-refractivity contribution in [1.82, 2.24) is 5.32 Å². The molecule has 0 bridgehead atoms. The summed E-state index contributed by atoms with van der Waals surface area (Å²) in [4.78, 5) is 12.7. The van der Waals surface area contributed by atoms with Crippen LogP contribution < -0.4 is 5.32 Å². The van der Waals surface area contributed by atoms with Crippen molar-refractivity contribution in [2.45, 2.75) is 57.4 Å². The van der Waals surface area contributed by atoms with Crippen LogP contribution in [0.15, 0.2) is 30.3 Å². The van der Waals surface area contributed by atoms with Crippen molar-refractivity contribution >= 4 is 5.91 Å². The Kier molecular flexibility index (Phi) is 6.26. The maximum absolute atomic E-state index is 13.6. The van der Waals surface area contributed by atoms with Gasteiger partial charge in [-0.1, -0.05) is 57.5 Å². The van der Waals surface area contributed by atoms with Crippen molar-refractivity contribution in [2.24, 2.45) is 17.8 Å². The van der Waals surface area contributed by atoms with E-state index in [1.54, 1.807) is 0 Å². The molecule has 152 valence electrons. The molecular formula is C20H28F3NO3. The highest BCUT2D eigenvalue weighted by Gasteiger charge is 2.56. The molecule has 7 heteroatoms. The predicted octanol–water partition coefficient (Wildman–Crippen LogP) is 3.38. The van der Waals surface area contributed by atoms with Crippen molar-refractivity contribution < 1.29 is 28.2 Å². The fraction of sp³-hybridized carbons (Fsp3) is 0.650. The van der Waals surface area contributed by atoms with Crippen LogP contribution in [-0.2, 0) is 10.4 Å². The van der Waals surface area contributed by atoms with Gasteiger partial charge in [0.2, 0.25) is 5.60 Å². The van der Waals surface area contributed by atoms with E-state index in [2.05, 4.69) is 5.32 Å². The van der Waals surface area contributed by atoms with Crippen molar-refractivity contribution in [2.75, 3.05) is 6.54 Å². The first kappa shape index (κ1) is 21.7. The van der Waals surface area contributed by atoms with Crippen molar-refractivity contribution in [1.29, 1.82) is 0 Å². The fourth-order valence-electron chi connectivity index (χ4n) is 4.07. The Morgan fingerprint density at radius 2 is 1.85 bits per heavy atom. The zero-order valence-electron chi connectivity index (χ0n) is 15.9. The quantitative estimate of drug-likeness (QED) is 0.726. The van der Waals surface area contributed by atoms with Crippen LogP contribution in [0.25, 0.3) is 0 Å². The summed E-state index contributed by atoms with van der Waals surface area (Å²) in [6.07, 6.45) is -3.31. The van der Waals surface area contributed by atoms with Crippen LogP contribution >= 0.6 is 0 Å². The number of hydrogen-bond acceptors (Lipinski definition) is 3. The van der Waals surface area contributed by atoms with Gasteiger partial charge in [0.15, 0.2) is 0 Å². The standard InChI is InChI=1S/C20H28F3NO3/c1-13(2)16-10-9-14(3)11-18(16,26)17(25)24-12-19(27,20(21,22)23)15-7-5-4-6-8-15/h4-8,13-14,16,26-27H,9-12H2,1-3H3,(H,24,25). The van der Waals surface area contributed by atoms with Gasteiger partial charge in [-0.2, -0.15) is 13.2 Å². The largest absolute Gasteiger partial charge is 0.423 e. The van der Waals surface area contributed by atoms with Crippen LogP contribution in [-0.4, -0.2) is 34.4 Å². The fourth-order valence-corrected chi connectivity index (χ4v) is 4.07. The molecule has 0 saturated heterocycles. The van der Waals surface area contributed by atoms with E-state index >= 15 is 0 Å². The highest BCUT2D eigenvalue weighted by Crippen LogP contribution is 2.42. The van der Waals surface area contributed by atoms with Gasteiger partial charge in [0.05, 0.1) is 6.54 Å². The van der Waals surface area contributed by atoms with Crippen LogP contribution in [0.2, 0.25) is 0 Å². The Labute approximate surface area is 157 Å². The van der Waals surface area contributed by atoms with Gasteiger partial charge >= 0.3 is 6.18 Å². The van der Waals surface area contributed by atoms with E-state index in [0.717, 1.165) is 18.6 Å². The molecule has 2 rings (SSSR count). The molecular weight excluding hydrogens is 359 g/mol. The van der Waals surface area contributed by atoms with E-state index in [4.69, 9.17) is 0 Å². The highest BCUT2D eigenvalue weighted by atomic mass is 19.4. The molecule has 4 unspecified atom stereocenters. The van der Waals surface area contributed by atoms with Crippen LogP contribution in [0.3, 0.4) is 0 Å². The number of nitrogens with one attached hydrogen (secondary N) is 1. The number of halogens is 3. The number of amides is 1. The molecule has 0 radical (unpaired) electrons. The topological polar surface area (TPSA) is 69.6 Å². The summed E-state index contributed by atoms with van der Waals surface area (Å²) in [6.45, 7) is 4.62. The summed E-state index contributed by atoms with van der Waals surface area (Å²) in [7, 11) is 0. The third kappa shape index (κ3) is 4.29. The first-order valence-corrected chi connectivity index (χ1v) is 9.27. The molecule has 0 spiro atoms. The zero-order chi connectivity index (χ0) is 20.5. The van der Waals surface area contributed by atoms with E-state index < -0.39 is 29.8 Å². The number of benzene rings is 1. The molecule has 1 aromatic carbocycles. The SMILES string of the molecule is CC1CCC(C(C)C)C(O)(C(=O)NCC(O)(c2ccccc2)C(F)(F)F)C1. The van der Waals surface area contributed by atoms with E-state index in [-0.39, 0.29) is 29.7 Å². The number of carbonyl (C=O) groups excluding carboxylic acids is 1. The lowest BCUT2D eigenvalue weighted by Crippen LogP contribution is -2.59. The molecule has 1 aliphatic carbocycles. The monoisotopic (exact) mass is 387 g/mol. The molecule has 27 heavy (non-hydrogen) atoms. The predicted molar refractivity (Wildman–Crippen MR) is 95.7 cm³/mol. The molecule has 0 heterocycles. The van der Waals surface area contributed by atoms with E-state index in [0.29, 0.717) is 6.42 Å². The maximum Gasteiger partial charge on any atom is 0.423 e. The van der Waals surface area contributed by atoms with Gasteiger partial charge in [0.25, 0.3) is 5.91 Å². The second kappa shape index (κ2) is 7.80. The Morgan fingerprint density at radius 3 is 2.37 bits per heavy atom. The van der Waals surface area contributed by atoms with Crippen molar-refractivity contribution in [3.05, 3.63) is 35.9 Å². The summed E-state index contributed by atoms with van der Waals surface area (Å²) in [5.74, 6) is -1.11. The van der Waals surface area contributed by atoms with E-state index in [9.17, 15) is 28.2 Å². The van der Waals surface area contributed by atoms with E-state index in [1.165, 1.54) is 18.2 Å². The molecule has 1 saturated carbocycles. The number of alkyl halides is 3. The van der Waals surface area contributed by atoms with Gasteiger partial charge in [-0.25, -0.2) is 0 Å². The van der Waals surface area contributed by atoms with Gasteiger partial charge in [-0.3, -0.25) is 4.79 Å². The lowest BCUT2D eigenvalue weighted by atomic mass is 9.66. The van der Waals surface area contributed by atoms with Crippen molar-refractivity contribution in [3.8, 4) is 0 Å². The highest BCUT2D eigenvalue weighted by molar-refractivity contribution is 5.85. The molecule has 1 aliphatic rings. The second-order valence-corrected chi connectivity index (χ2v) is 8.07. The van der Waals surface area contributed by atoms with Gasteiger partial charge in [-0.15, -0.1) is 0 Å². The number of hydrogen-bond donors (Lipinski definition) is 3. The summed E-state index contributed by atoms with van der Waals surface area (Å²) in [5.41, 5.74) is -5.33. The molecule has 4 nitrogen and oxygen atoms in total. The normalized spacial score (nSPS) is 28.6. The summed E-state index contributed by atoms with van der Waals surface area (Å²) >= 11 is 0. The van der Waals surface area contributed by atoms with Crippen LogP contribution in [0.5, 0.6) is 0 Å². The van der Waals surface area contributed by atoms with Crippen LogP contribution in [0, 0.1) is 17.8 Å². The molecule has 0 aromatic heterocycles. The average Bonchev–Trinajstić information content (AvgIpc) is 2.58. The number of carbonyl (C=O) groups is 1. The maximum atomic E-state index is 13.6. The average molecular weight is 387 g/mol.